The van der Waals surface area contributed by atoms with Gasteiger partial charge in [0.25, 0.3) is 11.8 Å². The van der Waals surface area contributed by atoms with Gasteiger partial charge in [-0.3, -0.25) is 14.4 Å². The van der Waals surface area contributed by atoms with Crippen LogP contribution >= 0.6 is 0 Å². The molecule has 2 amide bonds. The predicted molar refractivity (Wildman–Crippen MR) is 76.9 cm³/mol. The molecule has 6 heteroatoms. The number of nitrogens with zero attached hydrogens (tertiary/aromatic N) is 1. The van der Waals surface area contributed by atoms with E-state index in [0.717, 1.165) is 5.01 Å². The number of amides is 2. The average molecular weight is 296 g/mol. The molecule has 0 radical (unpaired) electrons. The van der Waals surface area contributed by atoms with Crippen molar-refractivity contribution in [2.75, 3.05) is 0 Å². The minimum Gasteiger partial charge on any atom is -0.480 e. The highest BCUT2D eigenvalue weighted by Crippen LogP contribution is 2.23. The van der Waals surface area contributed by atoms with Crippen LogP contribution in [0, 0.1) is 0 Å². The van der Waals surface area contributed by atoms with Crippen molar-refractivity contribution >= 4 is 17.8 Å². The molecule has 0 aliphatic carbocycles. The maximum absolute atomic E-state index is 12.2. The van der Waals surface area contributed by atoms with Crippen LogP contribution in [0.2, 0.25) is 0 Å². The second kappa shape index (κ2) is 5.42. The third-order valence-corrected chi connectivity index (χ3v) is 3.43. The molecule has 1 aliphatic heterocycles. The summed E-state index contributed by atoms with van der Waals surface area (Å²) in [5, 5.41) is 10.1. The van der Waals surface area contributed by atoms with E-state index in [2.05, 4.69) is 5.43 Å². The van der Waals surface area contributed by atoms with Crippen molar-refractivity contribution in [2.24, 2.45) is 0 Å². The Morgan fingerprint density at radius 1 is 0.909 bits per heavy atom. The van der Waals surface area contributed by atoms with Gasteiger partial charge < -0.3 is 5.11 Å². The van der Waals surface area contributed by atoms with Crippen molar-refractivity contribution in [1.29, 1.82) is 0 Å². The number of benzene rings is 2. The van der Waals surface area contributed by atoms with Crippen LogP contribution in [0.4, 0.5) is 0 Å². The topological polar surface area (TPSA) is 86.7 Å². The number of hydrogen-bond acceptors (Lipinski definition) is 4. The summed E-state index contributed by atoms with van der Waals surface area (Å²) in [4.78, 5) is 36.0. The molecule has 0 fully saturated rings. The Hall–Kier alpha value is -2.99. The van der Waals surface area contributed by atoms with Gasteiger partial charge in [0, 0.05) is 0 Å². The van der Waals surface area contributed by atoms with Gasteiger partial charge in [0.15, 0.2) is 0 Å². The third-order valence-electron chi connectivity index (χ3n) is 3.43. The normalized spacial score (nSPS) is 14.8. The second-order valence-corrected chi connectivity index (χ2v) is 4.80. The summed E-state index contributed by atoms with van der Waals surface area (Å²) in [6.07, 6.45) is 0. The summed E-state index contributed by atoms with van der Waals surface area (Å²) in [6, 6.07) is 13.6. The Bertz CT molecular complexity index is 723. The predicted octanol–water partition coefficient (Wildman–Crippen LogP) is 1.61. The van der Waals surface area contributed by atoms with Crippen molar-refractivity contribution in [2.45, 2.75) is 6.04 Å². The smallest absolute Gasteiger partial charge is 0.327 e. The first-order chi connectivity index (χ1) is 10.6. The first-order valence-corrected chi connectivity index (χ1v) is 6.61. The number of fused-ring (bicyclic) bond motifs is 1. The SMILES string of the molecule is O=C(O)C(NN1C(=O)c2ccccc2C1=O)c1ccccc1. The highest BCUT2D eigenvalue weighted by atomic mass is 16.4. The summed E-state index contributed by atoms with van der Waals surface area (Å²) in [7, 11) is 0. The molecule has 2 aromatic carbocycles. The second-order valence-electron chi connectivity index (χ2n) is 4.80. The highest BCUT2D eigenvalue weighted by molar-refractivity contribution is 6.21. The van der Waals surface area contributed by atoms with Gasteiger partial charge in [-0.25, -0.2) is 10.4 Å². The molecule has 0 saturated heterocycles. The lowest BCUT2D eigenvalue weighted by molar-refractivity contribution is -0.140. The molecule has 1 unspecified atom stereocenters. The molecule has 0 spiro atoms. The van der Waals surface area contributed by atoms with E-state index in [-0.39, 0.29) is 11.1 Å². The molecule has 110 valence electrons. The largest absolute Gasteiger partial charge is 0.480 e. The Morgan fingerprint density at radius 3 is 1.91 bits per heavy atom. The van der Waals surface area contributed by atoms with Crippen molar-refractivity contribution in [3.8, 4) is 0 Å². The van der Waals surface area contributed by atoms with Crippen molar-refractivity contribution < 1.29 is 19.5 Å². The molecule has 0 bridgehead atoms. The zero-order valence-electron chi connectivity index (χ0n) is 11.4. The minimum atomic E-state index is -1.19. The summed E-state index contributed by atoms with van der Waals surface area (Å²) >= 11 is 0. The molecule has 1 atom stereocenters. The number of hydrazine groups is 1. The number of carboxylic acid groups (broad SMARTS) is 1. The summed E-state index contributed by atoms with van der Waals surface area (Å²) < 4.78 is 0. The van der Waals surface area contributed by atoms with Gasteiger partial charge in [0.1, 0.15) is 6.04 Å². The van der Waals surface area contributed by atoms with Gasteiger partial charge >= 0.3 is 5.97 Å². The van der Waals surface area contributed by atoms with Crippen LogP contribution in [0.1, 0.15) is 32.3 Å². The molecule has 6 nitrogen and oxygen atoms in total. The van der Waals surface area contributed by atoms with Crippen LogP contribution in [0.3, 0.4) is 0 Å². The van der Waals surface area contributed by atoms with Gasteiger partial charge in [0.05, 0.1) is 11.1 Å². The van der Waals surface area contributed by atoms with E-state index in [1.165, 1.54) is 12.1 Å². The quantitative estimate of drug-likeness (QED) is 0.837. The van der Waals surface area contributed by atoms with E-state index >= 15 is 0 Å². The summed E-state index contributed by atoms with van der Waals surface area (Å²) in [5.41, 5.74) is 3.49. The molecule has 22 heavy (non-hydrogen) atoms. The third kappa shape index (κ3) is 2.25. The van der Waals surface area contributed by atoms with Crippen LogP contribution in [0.15, 0.2) is 54.6 Å². The number of aliphatic carboxylic acids is 1. The van der Waals surface area contributed by atoms with E-state index in [0.29, 0.717) is 5.56 Å². The lowest BCUT2D eigenvalue weighted by Gasteiger charge is -2.21. The summed E-state index contributed by atoms with van der Waals surface area (Å²) in [5.74, 6) is -2.28. The Labute approximate surface area is 126 Å². The molecule has 0 aromatic heterocycles. The number of carbonyl (C=O) groups is 3. The van der Waals surface area contributed by atoms with E-state index < -0.39 is 23.8 Å². The minimum absolute atomic E-state index is 0.261. The Kier molecular flexibility index (Phi) is 3.44. The summed E-state index contributed by atoms with van der Waals surface area (Å²) in [6.45, 7) is 0. The van der Waals surface area contributed by atoms with Crippen LogP contribution in [-0.4, -0.2) is 27.9 Å². The lowest BCUT2D eigenvalue weighted by Crippen LogP contribution is -2.46. The van der Waals surface area contributed by atoms with E-state index in [9.17, 15) is 19.5 Å². The number of imide groups is 1. The number of nitrogens with one attached hydrogen (secondary N) is 1. The Morgan fingerprint density at radius 2 is 1.41 bits per heavy atom. The van der Waals surface area contributed by atoms with Crippen LogP contribution in [0.5, 0.6) is 0 Å². The fraction of sp³-hybridized carbons (Fsp3) is 0.0625. The molecular formula is C16H12N2O4. The lowest BCUT2D eigenvalue weighted by atomic mass is 10.1. The molecule has 2 aromatic rings. The number of carboxylic acids is 1. The van der Waals surface area contributed by atoms with Crippen LogP contribution in [0.25, 0.3) is 0 Å². The first kappa shape index (κ1) is 14.0. The van der Waals surface area contributed by atoms with Crippen molar-refractivity contribution in [3.63, 3.8) is 0 Å². The number of carbonyl (C=O) groups excluding carboxylic acids is 2. The zero-order chi connectivity index (χ0) is 15.7. The highest BCUT2D eigenvalue weighted by Gasteiger charge is 2.38. The van der Waals surface area contributed by atoms with E-state index in [1.807, 2.05) is 0 Å². The molecule has 1 aliphatic rings. The maximum Gasteiger partial charge on any atom is 0.327 e. The van der Waals surface area contributed by atoms with E-state index in [1.54, 1.807) is 42.5 Å². The van der Waals surface area contributed by atoms with Crippen molar-refractivity contribution in [1.82, 2.24) is 10.4 Å². The standard InChI is InChI=1S/C16H12N2O4/c19-14-11-8-4-5-9-12(11)15(20)18(14)17-13(16(21)22)10-6-2-1-3-7-10/h1-9,13,17H,(H,21,22). The first-order valence-electron chi connectivity index (χ1n) is 6.61. The van der Waals surface area contributed by atoms with Gasteiger partial charge in [-0.15, -0.1) is 0 Å². The van der Waals surface area contributed by atoms with Crippen molar-refractivity contribution in [3.05, 3.63) is 71.3 Å². The van der Waals surface area contributed by atoms with Crippen LogP contribution in [-0.2, 0) is 4.79 Å². The zero-order valence-corrected chi connectivity index (χ0v) is 11.4. The molecule has 1 heterocycles. The van der Waals surface area contributed by atoms with Gasteiger partial charge in [-0.05, 0) is 17.7 Å². The molecule has 0 saturated carbocycles. The molecule has 2 N–H and O–H groups in total. The fourth-order valence-electron chi connectivity index (χ4n) is 2.35. The monoisotopic (exact) mass is 296 g/mol. The average Bonchev–Trinajstić information content (AvgIpc) is 2.78. The molecule has 3 rings (SSSR count). The number of hydrogen-bond donors (Lipinski definition) is 2. The van der Waals surface area contributed by atoms with Gasteiger partial charge in [0.2, 0.25) is 0 Å². The van der Waals surface area contributed by atoms with Crippen LogP contribution < -0.4 is 5.43 Å². The van der Waals surface area contributed by atoms with Gasteiger partial charge in [-0.2, -0.15) is 0 Å². The number of rotatable bonds is 4. The maximum atomic E-state index is 12.2. The molecular weight excluding hydrogens is 284 g/mol. The Balaban J connectivity index is 1.91. The van der Waals surface area contributed by atoms with E-state index in [4.69, 9.17) is 0 Å². The fourth-order valence-corrected chi connectivity index (χ4v) is 2.35. The van der Waals surface area contributed by atoms with Gasteiger partial charge in [-0.1, -0.05) is 42.5 Å².